The Hall–Kier alpha value is -2.33. The molecule has 4 nitrogen and oxygen atoms in total. The topological polar surface area (TPSA) is 58.6 Å². The number of amides is 1. The molecule has 126 valence electrons. The van der Waals surface area contributed by atoms with Gasteiger partial charge in [0.1, 0.15) is 5.75 Å². The zero-order chi connectivity index (χ0) is 16.8. The lowest BCUT2D eigenvalue weighted by molar-refractivity contribution is -0.121. The molecule has 24 heavy (non-hydrogen) atoms. The molecule has 1 unspecified atom stereocenters. The van der Waals surface area contributed by atoms with Gasteiger partial charge in [0.2, 0.25) is 5.91 Å². The monoisotopic (exact) mass is 325 g/mol. The van der Waals surface area contributed by atoms with Crippen molar-refractivity contribution in [1.29, 1.82) is 0 Å². The van der Waals surface area contributed by atoms with E-state index in [-0.39, 0.29) is 12.5 Å². The van der Waals surface area contributed by atoms with Gasteiger partial charge in [0.15, 0.2) is 0 Å². The van der Waals surface area contributed by atoms with Crippen molar-refractivity contribution in [1.82, 2.24) is 5.32 Å². The van der Waals surface area contributed by atoms with Gasteiger partial charge < -0.3 is 15.2 Å². The maximum atomic E-state index is 11.9. The van der Waals surface area contributed by atoms with Crippen molar-refractivity contribution in [2.24, 2.45) is 0 Å². The Morgan fingerprint density at radius 1 is 1.21 bits per heavy atom. The van der Waals surface area contributed by atoms with E-state index in [9.17, 15) is 9.90 Å². The molecule has 0 saturated carbocycles. The Balaban J connectivity index is 1.41. The Kier molecular flexibility index (Phi) is 5.49. The van der Waals surface area contributed by atoms with Crippen LogP contribution in [0.4, 0.5) is 0 Å². The lowest BCUT2D eigenvalue weighted by Crippen LogP contribution is -2.28. The molecule has 2 aromatic carbocycles. The number of benzene rings is 2. The highest BCUT2D eigenvalue weighted by molar-refractivity contribution is 5.75. The number of hydrogen-bond donors (Lipinski definition) is 2. The maximum absolute atomic E-state index is 11.9. The molecule has 4 heteroatoms. The van der Waals surface area contributed by atoms with Crippen molar-refractivity contribution in [2.75, 3.05) is 13.2 Å². The fraction of sp³-hybridized carbons (Fsp3) is 0.350. The molecule has 1 amide bonds. The number of aliphatic hydroxyl groups excluding tert-OH is 1. The number of nitrogens with one attached hydrogen (secondary N) is 1. The van der Waals surface area contributed by atoms with Crippen LogP contribution in [0.3, 0.4) is 0 Å². The summed E-state index contributed by atoms with van der Waals surface area (Å²) in [4.78, 5) is 11.9. The number of carbonyl (C=O) groups excluding carboxylic acids is 1. The summed E-state index contributed by atoms with van der Waals surface area (Å²) in [5.74, 6) is 0.880. The van der Waals surface area contributed by atoms with Crippen LogP contribution < -0.4 is 10.1 Å². The molecule has 1 atom stereocenters. The molecule has 0 bridgehead atoms. The van der Waals surface area contributed by atoms with Gasteiger partial charge in [-0.1, -0.05) is 36.4 Å². The molecule has 1 aliphatic rings. The van der Waals surface area contributed by atoms with Gasteiger partial charge in [0.25, 0.3) is 0 Å². The molecular formula is C20H23NO3. The molecular weight excluding hydrogens is 302 g/mol. The number of carbonyl (C=O) groups is 1. The van der Waals surface area contributed by atoms with Crippen molar-refractivity contribution in [3.05, 3.63) is 65.2 Å². The molecule has 0 aliphatic carbocycles. The minimum absolute atomic E-state index is 0.0190. The summed E-state index contributed by atoms with van der Waals surface area (Å²) < 4.78 is 5.46. The highest BCUT2D eigenvalue weighted by Crippen LogP contribution is 2.28. The summed E-state index contributed by atoms with van der Waals surface area (Å²) in [6.07, 6.45) is 2.36. The van der Waals surface area contributed by atoms with Gasteiger partial charge in [-0.3, -0.25) is 4.79 Å². The lowest BCUT2D eigenvalue weighted by atomic mass is 10.0. The number of ether oxygens (including phenoxy) is 1. The van der Waals surface area contributed by atoms with Crippen LogP contribution in [0, 0.1) is 0 Å². The Morgan fingerprint density at radius 2 is 2.04 bits per heavy atom. The highest BCUT2D eigenvalue weighted by atomic mass is 16.5. The van der Waals surface area contributed by atoms with E-state index >= 15 is 0 Å². The quantitative estimate of drug-likeness (QED) is 0.823. The van der Waals surface area contributed by atoms with Crippen LogP contribution >= 0.6 is 0 Å². The van der Waals surface area contributed by atoms with Crippen LogP contribution in [0.25, 0.3) is 0 Å². The minimum Gasteiger partial charge on any atom is -0.493 e. The minimum atomic E-state index is -0.686. The lowest BCUT2D eigenvalue weighted by Gasteiger charge is -2.13. The normalized spacial score (nSPS) is 13.9. The molecule has 0 spiro atoms. The van der Waals surface area contributed by atoms with E-state index in [1.54, 1.807) is 0 Å². The second-order valence-electron chi connectivity index (χ2n) is 6.12. The molecule has 0 aromatic heterocycles. The van der Waals surface area contributed by atoms with Gasteiger partial charge in [0.05, 0.1) is 12.7 Å². The number of hydrogen-bond acceptors (Lipinski definition) is 3. The molecule has 1 heterocycles. The predicted molar refractivity (Wildman–Crippen MR) is 93.0 cm³/mol. The van der Waals surface area contributed by atoms with Gasteiger partial charge in [0, 0.05) is 19.4 Å². The van der Waals surface area contributed by atoms with E-state index in [0.29, 0.717) is 13.0 Å². The summed E-state index contributed by atoms with van der Waals surface area (Å²) in [6.45, 7) is 0.941. The van der Waals surface area contributed by atoms with Crippen LogP contribution in [0.1, 0.15) is 35.6 Å². The van der Waals surface area contributed by atoms with E-state index in [1.807, 2.05) is 36.4 Å². The molecule has 3 rings (SSSR count). The first-order valence-electron chi connectivity index (χ1n) is 8.46. The van der Waals surface area contributed by atoms with Crippen molar-refractivity contribution >= 4 is 5.91 Å². The summed E-state index contributed by atoms with van der Waals surface area (Å²) >= 11 is 0. The Bertz CT molecular complexity index is 685. The van der Waals surface area contributed by atoms with Crippen LogP contribution in [-0.2, 0) is 17.6 Å². The largest absolute Gasteiger partial charge is 0.493 e. The molecule has 2 N–H and O–H groups in total. The third-order valence-electron chi connectivity index (χ3n) is 4.30. The number of rotatable bonds is 7. The van der Waals surface area contributed by atoms with Gasteiger partial charge in [-0.15, -0.1) is 0 Å². The van der Waals surface area contributed by atoms with Crippen LogP contribution in [-0.4, -0.2) is 24.2 Å². The van der Waals surface area contributed by atoms with Gasteiger partial charge in [-0.05, 0) is 41.7 Å². The zero-order valence-corrected chi connectivity index (χ0v) is 13.7. The third-order valence-corrected chi connectivity index (χ3v) is 4.30. The zero-order valence-electron chi connectivity index (χ0n) is 13.7. The van der Waals surface area contributed by atoms with Crippen molar-refractivity contribution < 1.29 is 14.6 Å². The van der Waals surface area contributed by atoms with E-state index in [0.717, 1.165) is 36.1 Å². The molecule has 1 aliphatic heterocycles. The summed E-state index contributed by atoms with van der Waals surface area (Å²) in [7, 11) is 0. The fourth-order valence-electron chi connectivity index (χ4n) is 2.93. The first-order valence-corrected chi connectivity index (χ1v) is 8.46. The Labute approximate surface area is 142 Å². The molecule has 0 fully saturated rings. The summed E-state index contributed by atoms with van der Waals surface area (Å²) in [5.41, 5.74) is 3.19. The van der Waals surface area contributed by atoms with E-state index in [4.69, 9.17) is 4.74 Å². The first kappa shape index (κ1) is 16.5. The van der Waals surface area contributed by atoms with Gasteiger partial charge >= 0.3 is 0 Å². The SMILES string of the molecule is O=C(CCCc1ccccc1)NCC(O)c1ccc2c(c1)CCO2. The maximum Gasteiger partial charge on any atom is 0.220 e. The molecule has 0 saturated heterocycles. The molecule has 2 aromatic rings. The smallest absolute Gasteiger partial charge is 0.220 e. The molecule has 0 radical (unpaired) electrons. The van der Waals surface area contributed by atoms with E-state index in [2.05, 4.69) is 17.4 Å². The third kappa shape index (κ3) is 4.36. The van der Waals surface area contributed by atoms with Crippen molar-refractivity contribution in [2.45, 2.75) is 31.8 Å². The highest BCUT2D eigenvalue weighted by Gasteiger charge is 2.16. The van der Waals surface area contributed by atoms with Crippen molar-refractivity contribution in [3.8, 4) is 5.75 Å². The van der Waals surface area contributed by atoms with Gasteiger partial charge in [-0.2, -0.15) is 0 Å². The van der Waals surface area contributed by atoms with Crippen molar-refractivity contribution in [3.63, 3.8) is 0 Å². The fourth-order valence-corrected chi connectivity index (χ4v) is 2.93. The van der Waals surface area contributed by atoms with Crippen LogP contribution in [0.2, 0.25) is 0 Å². The second-order valence-corrected chi connectivity index (χ2v) is 6.12. The van der Waals surface area contributed by atoms with Crippen LogP contribution in [0.15, 0.2) is 48.5 Å². The average molecular weight is 325 g/mol. The van der Waals surface area contributed by atoms with Crippen LogP contribution in [0.5, 0.6) is 5.75 Å². The van der Waals surface area contributed by atoms with E-state index < -0.39 is 6.10 Å². The van der Waals surface area contributed by atoms with Gasteiger partial charge in [-0.25, -0.2) is 0 Å². The summed E-state index contributed by atoms with van der Waals surface area (Å²) in [5, 5.41) is 13.1. The first-order chi connectivity index (χ1) is 11.7. The van der Waals surface area contributed by atoms with E-state index in [1.165, 1.54) is 5.56 Å². The standard InChI is InChI=1S/C20H23NO3/c22-18(16-9-10-19-17(13-16)11-12-24-19)14-21-20(23)8-4-7-15-5-2-1-3-6-15/h1-3,5-6,9-10,13,18,22H,4,7-8,11-12,14H2,(H,21,23). The number of fused-ring (bicyclic) bond motifs is 1. The second kappa shape index (κ2) is 7.97. The predicted octanol–water partition coefficient (Wildman–Crippen LogP) is 2.79. The number of aliphatic hydroxyl groups is 1. The average Bonchev–Trinajstić information content (AvgIpc) is 3.08. The summed E-state index contributed by atoms with van der Waals surface area (Å²) in [6, 6.07) is 15.9. The number of aryl methyl sites for hydroxylation is 1. The Morgan fingerprint density at radius 3 is 2.88 bits per heavy atom.